The van der Waals surface area contributed by atoms with E-state index < -0.39 is 23.1 Å². The van der Waals surface area contributed by atoms with E-state index in [-0.39, 0.29) is 16.7 Å². The average molecular weight is 490 g/mol. The molecule has 1 saturated heterocycles. The molecule has 0 radical (unpaired) electrons. The molecule has 1 aliphatic heterocycles. The maximum absolute atomic E-state index is 14.0. The van der Waals surface area contributed by atoms with Crippen molar-refractivity contribution >= 4 is 46.5 Å². The van der Waals surface area contributed by atoms with Crippen molar-refractivity contribution in [2.45, 2.75) is 13.0 Å². The number of rotatable bonds is 5. The molecule has 0 bridgehead atoms. The first-order valence-corrected chi connectivity index (χ1v) is 10.9. The van der Waals surface area contributed by atoms with Crippen molar-refractivity contribution in [3.63, 3.8) is 0 Å². The van der Waals surface area contributed by atoms with E-state index in [0.717, 1.165) is 24.1 Å². The van der Waals surface area contributed by atoms with Crippen molar-refractivity contribution in [2.75, 3.05) is 23.3 Å². The number of nitrogens with zero attached hydrogens (tertiary/aromatic N) is 2. The van der Waals surface area contributed by atoms with Gasteiger partial charge < -0.3 is 10.2 Å². The predicted octanol–water partition coefficient (Wildman–Crippen LogP) is 6.36. The van der Waals surface area contributed by atoms with Gasteiger partial charge in [0.2, 0.25) is 0 Å². The van der Waals surface area contributed by atoms with Crippen LogP contribution in [0.5, 0.6) is 0 Å². The van der Waals surface area contributed by atoms with Gasteiger partial charge in [0.1, 0.15) is 17.2 Å². The van der Waals surface area contributed by atoms with Crippen LogP contribution in [0.2, 0.25) is 10.0 Å². The predicted molar refractivity (Wildman–Crippen MR) is 125 cm³/mol. The Morgan fingerprint density at radius 3 is 2.42 bits per heavy atom. The number of hydrogen-bond donors (Lipinski definition) is 1. The van der Waals surface area contributed by atoms with Gasteiger partial charge in [-0.2, -0.15) is 0 Å². The third-order valence-electron chi connectivity index (χ3n) is 5.27. The molecule has 4 rings (SSSR count). The lowest BCUT2D eigenvalue weighted by Crippen LogP contribution is -2.49. The van der Waals surface area contributed by atoms with Crippen LogP contribution in [-0.2, 0) is 6.54 Å². The summed E-state index contributed by atoms with van der Waals surface area (Å²) < 4.78 is 27.9. The highest BCUT2D eigenvalue weighted by Gasteiger charge is 2.27. The number of anilines is 2. The fraction of sp³-hybridized carbons (Fsp3) is 0.167. The molecule has 0 aliphatic carbocycles. The summed E-state index contributed by atoms with van der Waals surface area (Å²) in [5.74, 6) is -2.94. The molecule has 1 fully saturated rings. The molecule has 33 heavy (non-hydrogen) atoms. The molecule has 1 N–H and O–H groups in total. The van der Waals surface area contributed by atoms with Crippen LogP contribution in [0.15, 0.2) is 60.7 Å². The molecule has 170 valence electrons. The number of hydrogen-bond acceptors (Lipinski definition) is 2. The van der Waals surface area contributed by atoms with Crippen LogP contribution < -0.4 is 10.2 Å². The standard InChI is InChI=1S/C24H19Cl2F2N3O2/c25-16-5-1-4-15(12-16)14-30-10-3-11-31(24(30)33)17-8-9-18(26)21(13-17)29-23(32)22-19(27)6-2-7-20(22)28/h1-2,4-9,12-13H,3,10-11,14H2,(H,29,32). The van der Waals surface area contributed by atoms with Crippen molar-refractivity contribution in [1.82, 2.24) is 4.90 Å². The Bertz CT molecular complexity index is 1200. The first-order valence-electron chi connectivity index (χ1n) is 10.2. The van der Waals surface area contributed by atoms with Gasteiger partial charge in [0.05, 0.1) is 10.7 Å². The van der Waals surface area contributed by atoms with Gasteiger partial charge in [0.25, 0.3) is 5.91 Å². The van der Waals surface area contributed by atoms with Crippen LogP contribution in [0.4, 0.5) is 25.0 Å². The van der Waals surface area contributed by atoms with Crippen molar-refractivity contribution in [3.05, 3.63) is 93.5 Å². The zero-order valence-corrected chi connectivity index (χ0v) is 18.8. The number of carbonyl (C=O) groups is 2. The van der Waals surface area contributed by atoms with E-state index in [1.54, 1.807) is 21.9 Å². The highest BCUT2D eigenvalue weighted by atomic mass is 35.5. The third kappa shape index (κ3) is 5.10. The minimum Gasteiger partial charge on any atom is -0.320 e. The lowest BCUT2D eigenvalue weighted by molar-refractivity contribution is 0.101. The maximum Gasteiger partial charge on any atom is 0.324 e. The fourth-order valence-electron chi connectivity index (χ4n) is 3.70. The molecule has 3 aromatic carbocycles. The van der Waals surface area contributed by atoms with E-state index in [4.69, 9.17) is 23.2 Å². The summed E-state index contributed by atoms with van der Waals surface area (Å²) in [6, 6.07) is 15.0. The summed E-state index contributed by atoms with van der Waals surface area (Å²) >= 11 is 12.3. The Kier molecular flexibility index (Phi) is 6.81. The second-order valence-corrected chi connectivity index (χ2v) is 8.40. The molecule has 5 nitrogen and oxygen atoms in total. The van der Waals surface area contributed by atoms with Gasteiger partial charge in [-0.25, -0.2) is 13.6 Å². The van der Waals surface area contributed by atoms with Gasteiger partial charge >= 0.3 is 6.03 Å². The molecular weight excluding hydrogens is 471 g/mol. The Hall–Kier alpha value is -3.16. The first-order chi connectivity index (χ1) is 15.8. The van der Waals surface area contributed by atoms with Crippen molar-refractivity contribution in [3.8, 4) is 0 Å². The monoisotopic (exact) mass is 489 g/mol. The second kappa shape index (κ2) is 9.77. The molecule has 0 unspecified atom stereocenters. The lowest BCUT2D eigenvalue weighted by atomic mass is 10.1. The Balaban J connectivity index is 1.55. The van der Waals surface area contributed by atoms with Crippen LogP contribution in [0.3, 0.4) is 0 Å². The van der Waals surface area contributed by atoms with Crippen molar-refractivity contribution in [2.24, 2.45) is 0 Å². The van der Waals surface area contributed by atoms with Crippen molar-refractivity contribution in [1.29, 1.82) is 0 Å². The molecule has 0 aromatic heterocycles. The van der Waals surface area contributed by atoms with E-state index >= 15 is 0 Å². The van der Waals surface area contributed by atoms with Gasteiger partial charge in [0.15, 0.2) is 0 Å². The normalized spacial score (nSPS) is 13.9. The molecule has 9 heteroatoms. The topological polar surface area (TPSA) is 52.7 Å². The molecule has 1 heterocycles. The van der Waals surface area contributed by atoms with Gasteiger partial charge in [-0.1, -0.05) is 41.4 Å². The lowest BCUT2D eigenvalue weighted by Gasteiger charge is -2.36. The summed E-state index contributed by atoms with van der Waals surface area (Å²) in [6.45, 7) is 1.47. The zero-order chi connectivity index (χ0) is 23.5. The Labute approximate surface area is 199 Å². The zero-order valence-electron chi connectivity index (χ0n) is 17.3. The fourth-order valence-corrected chi connectivity index (χ4v) is 4.08. The number of amides is 3. The Morgan fingerprint density at radius 1 is 0.970 bits per heavy atom. The van der Waals surface area contributed by atoms with E-state index in [9.17, 15) is 18.4 Å². The summed E-state index contributed by atoms with van der Waals surface area (Å²) in [5.41, 5.74) is 0.848. The van der Waals surface area contributed by atoms with Crippen LogP contribution in [0.1, 0.15) is 22.3 Å². The number of benzene rings is 3. The van der Waals surface area contributed by atoms with E-state index in [1.807, 2.05) is 18.2 Å². The average Bonchev–Trinajstić information content (AvgIpc) is 2.77. The van der Waals surface area contributed by atoms with Crippen LogP contribution in [0, 0.1) is 11.6 Å². The molecule has 3 amide bonds. The van der Waals surface area contributed by atoms with E-state index in [0.29, 0.717) is 30.3 Å². The Morgan fingerprint density at radius 2 is 1.70 bits per heavy atom. The van der Waals surface area contributed by atoms with Gasteiger partial charge in [-0.15, -0.1) is 0 Å². The van der Waals surface area contributed by atoms with E-state index in [2.05, 4.69) is 5.32 Å². The molecular formula is C24H19Cl2F2N3O2. The van der Waals surface area contributed by atoms with Gasteiger partial charge in [0, 0.05) is 30.3 Å². The largest absolute Gasteiger partial charge is 0.324 e. The number of urea groups is 1. The smallest absolute Gasteiger partial charge is 0.320 e. The SMILES string of the molecule is O=C(Nc1cc(N2CCCN(Cc3cccc(Cl)c3)C2=O)ccc1Cl)c1c(F)cccc1F. The first kappa shape index (κ1) is 23.0. The van der Waals surface area contributed by atoms with Gasteiger partial charge in [-0.3, -0.25) is 9.69 Å². The molecule has 1 aliphatic rings. The van der Waals surface area contributed by atoms with Crippen LogP contribution in [0.25, 0.3) is 0 Å². The number of nitrogens with one attached hydrogen (secondary N) is 1. The molecule has 0 atom stereocenters. The minimum atomic E-state index is -0.984. The molecule has 0 spiro atoms. The van der Waals surface area contributed by atoms with Gasteiger partial charge in [-0.05, 0) is 54.4 Å². The number of carbonyl (C=O) groups excluding carboxylic acids is 2. The van der Waals surface area contributed by atoms with E-state index in [1.165, 1.54) is 18.2 Å². The minimum absolute atomic E-state index is 0.140. The number of halogens is 4. The maximum atomic E-state index is 14.0. The summed E-state index contributed by atoms with van der Waals surface area (Å²) in [4.78, 5) is 28.9. The highest BCUT2D eigenvalue weighted by molar-refractivity contribution is 6.34. The second-order valence-electron chi connectivity index (χ2n) is 7.55. The summed E-state index contributed by atoms with van der Waals surface area (Å²) in [7, 11) is 0. The molecule has 0 saturated carbocycles. The summed E-state index contributed by atoms with van der Waals surface area (Å²) in [5, 5.41) is 3.21. The van der Waals surface area contributed by atoms with Crippen LogP contribution in [-0.4, -0.2) is 29.9 Å². The quantitative estimate of drug-likeness (QED) is 0.453. The van der Waals surface area contributed by atoms with Crippen LogP contribution >= 0.6 is 23.2 Å². The molecule has 3 aromatic rings. The van der Waals surface area contributed by atoms with Crippen molar-refractivity contribution < 1.29 is 18.4 Å². The summed E-state index contributed by atoms with van der Waals surface area (Å²) in [6.07, 6.45) is 0.733. The highest BCUT2D eigenvalue weighted by Crippen LogP contribution is 2.30. The third-order valence-corrected chi connectivity index (χ3v) is 5.84.